The molecule has 2 nitrogen and oxygen atoms in total. The van der Waals surface area contributed by atoms with Gasteiger partial charge in [-0.15, -0.1) is 11.8 Å². The van der Waals surface area contributed by atoms with E-state index in [4.69, 9.17) is 5.26 Å². The van der Waals surface area contributed by atoms with E-state index in [-0.39, 0.29) is 5.82 Å². The molecule has 0 atom stereocenters. The quantitative estimate of drug-likeness (QED) is 0.728. The van der Waals surface area contributed by atoms with Crippen LogP contribution in [0, 0.1) is 17.1 Å². The Morgan fingerprint density at radius 3 is 2.59 bits per heavy atom. The van der Waals surface area contributed by atoms with E-state index >= 15 is 0 Å². The summed E-state index contributed by atoms with van der Waals surface area (Å²) in [4.78, 5) is 3.14. The topological polar surface area (TPSA) is 27.0 Å². The number of hydrogen-bond donors (Lipinski definition) is 0. The molecule has 0 heterocycles. The molecule has 0 saturated heterocycles. The summed E-state index contributed by atoms with van der Waals surface area (Å²) in [5.74, 6) is 0.574. The number of hydrogen-bond acceptors (Lipinski definition) is 3. The van der Waals surface area contributed by atoms with Gasteiger partial charge in [0, 0.05) is 17.2 Å². The van der Waals surface area contributed by atoms with E-state index < -0.39 is 0 Å². The van der Waals surface area contributed by atoms with E-state index in [9.17, 15) is 4.39 Å². The molecular weight excluding hydrogens is 235 g/mol. The first-order chi connectivity index (χ1) is 8.19. The summed E-state index contributed by atoms with van der Waals surface area (Å²) in [6, 6.07) is 6.44. The lowest BCUT2D eigenvalue weighted by molar-refractivity contribution is 0.324. The van der Waals surface area contributed by atoms with Gasteiger partial charge in [-0.3, -0.25) is 0 Å². The molecule has 1 aromatic carbocycles. The maximum absolute atomic E-state index is 13.2. The Kier molecular flexibility index (Phi) is 6.03. The second kappa shape index (κ2) is 7.31. The van der Waals surface area contributed by atoms with Gasteiger partial charge in [0.25, 0.3) is 0 Å². The summed E-state index contributed by atoms with van der Waals surface area (Å²) in [5.41, 5.74) is 0.385. The van der Waals surface area contributed by atoms with E-state index in [2.05, 4.69) is 18.7 Å². The van der Waals surface area contributed by atoms with Gasteiger partial charge in [-0.2, -0.15) is 5.26 Å². The summed E-state index contributed by atoms with van der Waals surface area (Å²) in [6.07, 6.45) is 0. The normalized spacial score (nSPS) is 10.5. The monoisotopic (exact) mass is 252 g/mol. The van der Waals surface area contributed by atoms with Crippen molar-refractivity contribution in [3.05, 3.63) is 29.6 Å². The standard InChI is InChI=1S/C13H17FN2S/c1-3-16(4-2)5-6-17-13-8-11(10-15)7-12(14)9-13/h7-9H,3-6H2,1-2H3. The number of nitrogens with zero attached hydrogens (tertiary/aromatic N) is 2. The minimum absolute atomic E-state index is 0.339. The number of halogens is 1. The molecule has 0 aliphatic heterocycles. The van der Waals surface area contributed by atoms with E-state index in [0.29, 0.717) is 5.56 Å². The molecular formula is C13H17FN2S. The molecule has 0 amide bonds. The molecule has 0 N–H and O–H groups in total. The summed E-state index contributed by atoms with van der Waals surface area (Å²) >= 11 is 1.59. The van der Waals surface area contributed by atoms with Gasteiger partial charge >= 0.3 is 0 Å². The lowest BCUT2D eigenvalue weighted by Crippen LogP contribution is -2.25. The maximum Gasteiger partial charge on any atom is 0.125 e. The van der Waals surface area contributed by atoms with Gasteiger partial charge in [0.15, 0.2) is 0 Å². The molecule has 0 aromatic heterocycles. The van der Waals surface area contributed by atoms with Crippen LogP contribution in [0.15, 0.2) is 23.1 Å². The first-order valence-corrected chi connectivity index (χ1v) is 6.74. The summed E-state index contributed by atoms with van der Waals surface area (Å²) in [6.45, 7) is 7.30. The van der Waals surface area contributed by atoms with Crippen LogP contribution in [0.25, 0.3) is 0 Å². The minimum atomic E-state index is -0.339. The smallest absolute Gasteiger partial charge is 0.125 e. The first kappa shape index (κ1) is 14.0. The number of nitriles is 1. The van der Waals surface area contributed by atoms with Crippen molar-refractivity contribution in [2.75, 3.05) is 25.4 Å². The fourth-order valence-electron chi connectivity index (χ4n) is 1.54. The molecule has 1 rings (SSSR count). The van der Waals surface area contributed by atoms with E-state index in [1.165, 1.54) is 12.1 Å². The largest absolute Gasteiger partial charge is 0.303 e. The van der Waals surface area contributed by atoms with Crippen LogP contribution in [-0.4, -0.2) is 30.3 Å². The summed E-state index contributed by atoms with van der Waals surface area (Å²) in [7, 11) is 0. The van der Waals surface area contributed by atoms with Crippen molar-refractivity contribution in [1.29, 1.82) is 5.26 Å². The molecule has 0 bridgehead atoms. The zero-order valence-electron chi connectivity index (χ0n) is 10.2. The van der Waals surface area contributed by atoms with Crippen molar-refractivity contribution in [3.63, 3.8) is 0 Å². The van der Waals surface area contributed by atoms with Gasteiger partial charge in [-0.1, -0.05) is 13.8 Å². The summed E-state index contributed by atoms with van der Waals surface area (Å²) < 4.78 is 13.2. The highest BCUT2D eigenvalue weighted by Gasteiger charge is 2.03. The van der Waals surface area contributed by atoms with Crippen LogP contribution in [0.2, 0.25) is 0 Å². The zero-order valence-corrected chi connectivity index (χ0v) is 11.1. The van der Waals surface area contributed by atoms with Gasteiger partial charge in [0.1, 0.15) is 5.82 Å². The van der Waals surface area contributed by atoms with Crippen LogP contribution in [0.3, 0.4) is 0 Å². The van der Waals surface area contributed by atoms with Gasteiger partial charge < -0.3 is 4.90 Å². The molecule has 0 saturated carbocycles. The molecule has 0 aliphatic rings. The Hall–Kier alpha value is -1.05. The van der Waals surface area contributed by atoms with Crippen molar-refractivity contribution in [2.45, 2.75) is 18.7 Å². The predicted octanol–water partition coefficient (Wildman–Crippen LogP) is 3.13. The van der Waals surface area contributed by atoms with E-state index in [1.807, 2.05) is 6.07 Å². The molecule has 0 aliphatic carbocycles. The molecule has 0 radical (unpaired) electrons. The van der Waals surface area contributed by atoms with Crippen LogP contribution in [0.5, 0.6) is 0 Å². The first-order valence-electron chi connectivity index (χ1n) is 5.75. The van der Waals surface area contributed by atoms with Crippen LogP contribution in [0.4, 0.5) is 4.39 Å². The molecule has 1 aromatic rings. The summed E-state index contributed by atoms with van der Waals surface area (Å²) in [5, 5.41) is 8.74. The Labute approximate surface area is 106 Å². The fourth-order valence-corrected chi connectivity index (χ4v) is 2.53. The highest BCUT2D eigenvalue weighted by molar-refractivity contribution is 7.99. The van der Waals surface area contributed by atoms with Gasteiger partial charge in [-0.25, -0.2) is 4.39 Å². The Balaban J connectivity index is 2.52. The lowest BCUT2D eigenvalue weighted by atomic mass is 10.2. The van der Waals surface area contributed by atoms with Crippen LogP contribution in [0.1, 0.15) is 19.4 Å². The Bertz CT molecular complexity index is 397. The fraction of sp³-hybridized carbons (Fsp3) is 0.462. The second-order valence-electron chi connectivity index (χ2n) is 3.66. The van der Waals surface area contributed by atoms with Crippen molar-refractivity contribution < 1.29 is 4.39 Å². The number of benzene rings is 1. The highest BCUT2D eigenvalue weighted by atomic mass is 32.2. The van der Waals surface area contributed by atoms with Crippen LogP contribution < -0.4 is 0 Å². The minimum Gasteiger partial charge on any atom is -0.303 e. The molecule has 17 heavy (non-hydrogen) atoms. The number of rotatable bonds is 6. The third-order valence-corrected chi connectivity index (χ3v) is 3.53. The molecule has 0 fully saturated rings. The molecule has 0 unspecified atom stereocenters. The van der Waals surface area contributed by atoms with Crippen LogP contribution >= 0.6 is 11.8 Å². The van der Waals surface area contributed by atoms with E-state index in [0.717, 1.165) is 30.3 Å². The average Bonchev–Trinajstić information content (AvgIpc) is 2.34. The maximum atomic E-state index is 13.2. The SMILES string of the molecule is CCN(CC)CCSc1cc(F)cc(C#N)c1. The van der Waals surface area contributed by atoms with Gasteiger partial charge in [-0.05, 0) is 31.3 Å². The number of thioether (sulfide) groups is 1. The zero-order chi connectivity index (χ0) is 12.7. The Morgan fingerprint density at radius 1 is 1.29 bits per heavy atom. The van der Waals surface area contributed by atoms with Crippen molar-refractivity contribution >= 4 is 11.8 Å². The third kappa shape index (κ3) is 4.76. The van der Waals surface area contributed by atoms with Gasteiger partial charge in [0.05, 0.1) is 11.6 Å². The molecule has 4 heteroatoms. The second-order valence-corrected chi connectivity index (χ2v) is 4.83. The molecule has 0 spiro atoms. The highest BCUT2D eigenvalue weighted by Crippen LogP contribution is 2.20. The van der Waals surface area contributed by atoms with Crippen molar-refractivity contribution in [2.24, 2.45) is 0 Å². The lowest BCUT2D eigenvalue weighted by Gasteiger charge is -2.17. The van der Waals surface area contributed by atoms with Crippen molar-refractivity contribution in [3.8, 4) is 6.07 Å². The Morgan fingerprint density at radius 2 is 2.00 bits per heavy atom. The van der Waals surface area contributed by atoms with Crippen LogP contribution in [-0.2, 0) is 0 Å². The molecule has 92 valence electrons. The van der Waals surface area contributed by atoms with E-state index in [1.54, 1.807) is 17.8 Å². The predicted molar refractivity (Wildman–Crippen MR) is 69.6 cm³/mol. The van der Waals surface area contributed by atoms with Gasteiger partial charge in [0.2, 0.25) is 0 Å². The van der Waals surface area contributed by atoms with Crippen molar-refractivity contribution in [1.82, 2.24) is 4.90 Å². The third-order valence-electron chi connectivity index (χ3n) is 2.57. The average molecular weight is 252 g/mol.